The molecule has 1 aromatic heterocycles. The number of carbonyl (C=O) groups is 2. The average Bonchev–Trinajstić information content (AvgIpc) is 3.14. The van der Waals surface area contributed by atoms with Crippen LogP contribution in [0.3, 0.4) is 0 Å². The molecule has 1 N–H and O–H groups in total. The maximum Gasteiger partial charge on any atom is 0.419 e. The van der Waals surface area contributed by atoms with E-state index in [0.717, 1.165) is 12.1 Å². The number of carboxylic acid groups (broad SMARTS) is 1. The first-order chi connectivity index (χ1) is 16.0. The summed E-state index contributed by atoms with van der Waals surface area (Å²) in [6.07, 6.45) is -3.37. The summed E-state index contributed by atoms with van der Waals surface area (Å²) in [6.45, 7) is 4.27. The molecule has 2 aromatic rings. The summed E-state index contributed by atoms with van der Waals surface area (Å²) in [6, 6.07) is 2.43. The predicted molar refractivity (Wildman–Crippen MR) is 112 cm³/mol. The first-order valence-corrected chi connectivity index (χ1v) is 11.0. The van der Waals surface area contributed by atoms with Crippen LogP contribution in [0.4, 0.5) is 22.4 Å². The van der Waals surface area contributed by atoms with E-state index >= 15 is 0 Å². The maximum absolute atomic E-state index is 13.9. The summed E-state index contributed by atoms with van der Waals surface area (Å²) in [5.74, 6) is -2.28. The van der Waals surface area contributed by atoms with Gasteiger partial charge in [0.25, 0.3) is 0 Å². The summed E-state index contributed by atoms with van der Waals surface area (Å²) < 4.78 is 62.9. The number of nitrogens with zero attached hydrogens (tertiary/aromatic N) is 2. The number of hydrogen-bond donors (Lipinski definition) is 1. The Morgan fingerprint density at radius 2 is 1.97 bits per heavy atom. The first-order valence-electron chi connectivity index (χ1n) is 11.0. The lowest BCUT2D eigenvalue weighted by Crippen LogP contribution is -2.41. The van der Waals surface area contributed by atoms with Crippen LogP contribution in [0.1, 0.15) is 43.2 Å². The van der Waals surface area contributed by atoms with Gasteiger partial charge >= 0.3 is 18.2 Å². The molecule has 0 radical (unpaired) electrons. The molecule has 1 unspecified atom stereocenters. The molecule has 1 fully saturated rings. The molecule has 0 spiro atoms. The number of benzene rings is 1. The Balaban J connectivity index is 1.53. The molecule has 186 valence electrons. The van der Waals surface area contributed by atoms with Gasteiger partial charge in [-0.2, -0.15) is 13.2 Å². The van der Waals surface area contributed by atoms with Gasteiger partial charge in [0.2, 0.25) is 5.89 Å². The van der Waals surface area contributed by atoms with E-state index in [2.05, 4.69) is 4.98 Å². The van der Waals surface area contributed by atoms with Crippen LogP contribution in [0, 0.1) is 24.6 Å². The third kappa shape index (κ3) is 5.87. The minimum Gasteiger partial charge on any atom is -0.481 e. The number of alkyl halides is 3. The Bertz CT molecular complexity index is 1030. The lowest BCUT2D eigenvalue weighted by atomic mass is 9.83. The molecule has 0 aliphatic carbocycles. The number of rotatable bonds is 7. The number of aliphatic carboxylic acids is 1. The van der Waals surface area contributed by atoms with E-state index in [1.165, 1.54) is 4.90 Å². The fourth-order valence-corrected chi connectivity index (χ4v) is 4.18. The van der Waals surface area contributed by atoms with Crippen molar-refractivity contribution in [1.29, 1.82) is 0 Å². The molecule has 3 rings (SSSR count). The number of piperidine rings is 1. The molecule has 1 atom stereocenters. The molecule has 0 saturated carbocycles. The summed E-state index contributed by atoms with van der Waals surface area (Å²) >= 11 is 0. The van der Waals surface area contributed by atoms with Crippen LogP contribution in [0.5, 0.6) is 0 Å². The number of carboxylic acids is 1. The summed E-state index contributed by atoms with van der Waals surface area (Å²) in [7, 11) is 0. The molecule has 34 heavy (non-hydrogen) atoms. The number of halogens is 4. The number of hydrogen-bond acceptors (Lipinski definition) is 5. The van der Waals surface area contributed by atoms with E-state index in [1.807, 2.05) is 6.92 Å². The zero-order valence-electron chi connectivity index (χ0n) is 18.8. The number of aryl methyl sites for hydroxylation is 1. The molecular formula is C23H26F4N2O5. The van der Waals surface area contributed by atoms with Gasteiger partial charge in [0.15, 0.2) is 0 Å². The van der Waals surface area contributed by atoms with Crippen molar-refractivity contribution in [2.75, 3.05) is 19.7 Å². The lowest BCUT2D eigenvalue weighted by molar-refractivity contribution is -0.144. The Kier molecular flexibility index (Phi) is 7.83. The smallest absolute Gasteiger partial charge is 0.419 e. The molecular weight excluding hydrogens is 460 g/mol. The second-order valence-electron chi connectivity index (χ2n) is 8.26. The highest BCUT2D eigenvalue weighted by molar-refractivity contribution is 5.70. The zero-order chi connectivity index (χ0) is 25.0. The molecule has 7 nitrogen and oxygen atoms in total. The molecule has 11 heteroatoms. The Hall–Kier alpha value is -3.11. The highest BCUT2D eigenvalue weighted by Gasteiger charge is 2.34. The summed E-state index contributed by atoms with van der Waals surface area (Å²) in [5, 5.41) is 9.30. The van der Waals surface area contributed by atoms with Crippen LogP contribution in [-0.4, -0.2) is 46.7 Å². The minimum atomic E-state index is -4.80. The maximum atomic E-state index is 13.9. The van der Waals surface area contributed by atoms with Crippen molar-refractivity contribution in [3.05, 3.63) is 41.0 Å². The van der Waals surface area contributed by atoms with Gasteiger partial charge < -0.3 is 19.2 Å². The van der Waals surface area contributed by atoms with Crippen LogP contribution in [0.25, 0.3) is 11.5 Å². The van der Waals surface area contributed by atoms with Gasteiger partial charge in [0, 0.05) is 25.1 Å². The highest BCUT2D eigenvalue weighted by Crippen LogP contribution is 2.34. The number of carbonyl (C=O) groups excluding carboxylic acids is 1. The Morgan fingerprint density at radius 1 is 1.29 bits per heavy atom. The van der Waals surface area contributed by atoms with Gasteiger partial charge in [-0.25, -0.2) is 14.2 Å². The first kappa shape index (κ1) is 25.5. The minimum absolute atomic E-state index is 0.000338. The Morgan fingerprint density at radius 3 is 2.53 bits per heavy atom. The van der Waals surface area contributed by atoms with E-state index in [-0.39, 0.29) is 30.4 Å². The fourth-order valence-electron chi connectivity index (χ4n) is 4.18. The van der Waals surface area contributed by atoms with Crippen LogP contribution >= 0.6 is 0 Å². The van der Waals surface area contributed by atoms with E-state index in [1.54, 1.807) is 6.92 Å². The normalized spacial score (nSPS) is 15.9. The number of aromatic nitrogens is 1. The highest BCUT2D eigenvalue weighted by atomic mass is 19.4. The van der Waals surface area contributed by atoms with Gasteiger partial charge in [-0.3, -0.25) is 4.79 Å². The van der Waals surface area contributed by atoms with E-state index in [0.29, 0.717) is 49.9 Å². The number of ether oxygens (including phenoxy) is 1. The van der Waals surface area contributed by atoms with E-state index < -0.39 is 35.5 Å². The third-order valence-corrected chi connectivity index (χ3v) is 6.10. The number of likely N-dealkylation sites (tertiary alicyclic amines) is 1. The largest absolute Gasteiger partial charge is 0.481 e. The van der Waals surface area contributed by atoms with Gasteiger partial charge in [-0.15, -0.1) is 0 Å². The molecule has 0 bridgehead atoms. The van der Waals surface area contributed by atoms with E-state index in [4.69, 9.17) is 9.15 Å². The van der Waals surface area contributed by atoms with E-state index in [9.17, 15) is 32.3 Å². The standard InChI is InChI=1S/C23H26F4N2O5/c1-3-16(21(30)31)14-6-9-29(10-7-14)22(32)33-11-8-19-13(2)34-20(28-19)15-4-5-17(18(24)12-15)23(25,26)27/h4-5,12,14,16H,3,6-11H2,1-2H3,(H,30,31). The van der Waals surface area contributed by atoms with Gasteiger partial charge in [-0.1, -0.05) is 6.92 Å². The predicted octanol–water partition coefficient (Wildman–Crippen LogP) is 5.31. The van der Waals surface area contributed by atoms with Crippen molar-refractivity contribution in [3.63, 3.8) is 0 Å². The van der Waals surface area contributed by atoms with Crippen molar-refractivity contribution < 1.29 is 41.4 Å². The Labute approximate surface area is 193 Å². The molecule has 1 aliphatic rings. The molecule has 1 amide bonds. The summed E-state index contributed by atoms with van der Waals surface area (Å²) in [5.41, 5.74) is -0.871. The van der Waals surface area contributed by atoms with Crippen molar-refractivity contribution in [2.45, 2.75) is 45.7 Å². The van der Waals surface area contributed by atoms with Gasteiger partial charge in [-0.05, 0) is 50.3 Å². The molecule has 1 aromatic carbocycles. The van der Waals surface area contributed by atoms with Crippen LogP contribution in [0.15, 0.2) is 22.6 Å². The third-order valence-electron chi connectivity index (χ3n) is 6.10. The monoisotopic (exact) mass is 486 g/mol. The fraction of sp³-hybridized carbons (Fsp3) is 0.522. The van der Waals surface area contributed by atoms with Gasteiger partial charge in [0.1, 0.15) is 11.6 Å². The molecule has 2 heterocycles. The molecule has 1 saturated heterocycles. The van der Waals surface area contributed by atoms with Gasteiger partial charge in [0.05, 0.1) is 23.8 Å². The van der Waals surface area contributed by atoms with Crippen LogP contribution < -0.4 is 0 Å². The summed E-state index contributed by atoms with van der Waals surface area (Å²) in [4.78, 5) is 29.4. The quantitative estimate of drug-likeness (QED) is 0.534. The zero-order valence-corrected chi connectivity index (χ0v) is 18.8. The second-order valence-corrected chi connectivity index (χ2v) is 8.26. The van der Waals surface area contributed by atoms with Crippen molar-refractivity contribution in [3.8, 4) is 11.5 Å². The van der Waals surface area contributed by atoms with Crippen LogP contribution in [0.2, 0.25) is 0 Å². The number of amides is 1. The van der Waals surface area contributed by atoms with Crippen molar-refractivity contribution in [1.82, 2.24) is 9.88 Å². The van der Waals surface area contributed by atoms with Crippen molar-refractivity contribution >= 4 is 12.1 Å². The van der Waals surface area contributed by atoms with Crippen molar-refractivity contribution in [2.24, 2.45) is 11.8 Å². The molecule has 1 aliphatic heterocycles. The number of oxazole rings is 1. The van der Waals surface area contributed by atoms with Crippen LogP contribution in [-0.2, 0) is 22.1 Å². The second kappa shape index (κ2) is 10.4. The topological polar surface area (TPSA) is 92.9 Å². The SMILES string of the molecule is CCC(C(=O)O)C1CCN(C(=O)OCCc2nc(-c3ccc(C(F)(F)F)c(F)c3)oc2C)CC1. The average molecular weight is 486 g/mol. The lowest BCUT2D eigenvalue weighted by Gasteiger charge is -2.33.